The lowest BCUT2D eigenvalue weighted by Crippen LogP contribution is -2.23. The lowest BCUT2D eigenvalue weighted by Gasteiger charge is -2.09. The van der Waals surface area contributed by atoms with Gasteiger partial charge in [0.05, 0.1) is 18.8 Å². The van der Waals surface area contributed by atoms with E-state index in [1.165, 1.54) is 0 Å². The van der Waals surface area contributed by atoms with Crippen LogP contribution in [0.3, 0.4) is 0 Å². The van der Waals surface area contributed by atoms with Crippen molar-refractivity contribution < 1.29 is 14.6 Å². The van der Waals surface area contributed by atoms with Crippen LogP contribution in [0.4, 0.5) is 0 Å². The van der Waals surface area contributed by atoms with Crippen LogP contribution in [0.2, 0.25) is 0 Å². The van der Waals surface area contributed by atoms with E-state index in [2.05, 4.69) is 0 Å². The summed E-state index contributed by atoms with van der Waals surface area (Å²) in [5.74, 6) is 0.231. The number of rotatable bonds is 0. The number of ether oxygens (including phenoxy) is 2. The fourth-order valence-electron chi connectivity index (χ4n) is 1.69. The number of fused-ring (bicyclic) bond motifs is 1. The van der Waals surface area contributed by atoms with Crippen molar-refractivity contribution in [1.29, 1.82) is 0 Å². The Labute approximate surface area is 59.9 Å². The molecule has 0 aliphatic carbocycles. The minimum absolute atomic E-state index is 0.0460. The van der Waals surface area contributed by atoms with Crippen LogP contribution in [0, 0.1) is 5.92 Å². The summed E-state index contributed by atoms with van der Waals surface area (Å²) in [5.41, 5.74) is 0. The molecule has 1 N–H and O–H groups in total. The number of aliphatic hydroxyl groups excluding tert-OH is 1. The van der Waals surface area contributed by atoms with E-state index >= 15 is 0 Å². The van der Waals surface area contributed by atoms with Gasteiger partial charge in [0.1, 0.15) is 0 Å². The van der Waals surface area contributed by atoms with Crippen LogP contribution in [0.25, 0.3) is 0 Å². The van der Waals surface area contributed by atoms with Gasteiger partial charge >= 0.3 is 0 Å². The Kier molecular flexibility index (Phi) is 1.44. The largest absolute Gasteiger partial charge is 0.390 e. The molecule has 0 aromatic carbocycles. The molecular weight excluding hydrogens is 132 g/mol. The Morgan fingerprint density at radius 3 is 3.00 bits per heavy atom. The molecule has 0 bridgehead atoms. The van der Waals surface area contributed by atoms with E-state index in [0.29, 0.717) is 0 Å². The summed E-state index contributed by atoms with van der Waals surface area (Å²) < 4.78 is 10.6. The number of hydrogen-bond donors (Lipinski definition) is 1. The van der Waals surface area contributed by atoms with E-state index in [1.807, 2.05) is 6.92 Å². The Hall–Kier alpha value is -0.120. The van der Waals surface area contributed by atoms with Crippen LogP contribution in [-0.4, -0.2) is 30.2 Å². The van der Waals surface area contributed by atoms with Crippen molar-refractivity contribution in [3.05, 3.63) is 0 Å². The second-order valence-corrected chi connectivity index (χ2v) is 3.02. The van der Waals surface area contributed by atoms with Gasteiger partial charge in [0.25, 0.3) is 0 Å². The van der Waals surface area contributed by atoms with E-state index in [4.69, 9.17) is 9.47 Å². The predicted octanol–water partition coefficient (Wildman–Crippen LogP) is 0.129. The molecule has 3 heteroatoms. The molecule has 0 amide bonds. The molecule has 4 atom stereocenters. The van der Waals surface area contributed by atoms with Crippen molar-refractivity contribution in [2.45, 2.75) is 31.8 Å². The third kappa shape index (κ3) is 0.779. The molecule has 2 aliphatic heterocycles. The highest BCUT2D eigenvalue weighted by atomic mass is 16.7. The minimum atomic E-state index is -0.313. The highest BCUT2D eigenvalue weighted by Gasteiger charge is 2.44. The first kappa shape index (κ1) is 6.58. The van der Waals surface area contributed by atoms with E-state index in [9.17, 15) is 5.11 Å². The Morgan fingerprint density at radius 2 is 2.30 bits per heavy atom. The van der Waals surface area contributed by atoms with Crippen LogP contribution >= 0.6 is 0 Å². The van der Waals surface area contributed by atoms with Crippen molar-refractivity contribution in [2.24, 2.45) is 5.92 Å². The Balaban J connectivity index is 2.09. The van der Waals surface area contributed by atoms with E-state index in [-0.39, 0.29) is 24.4 Å². The van der Waals surface area contributed by atoms with E-state index < -0.39 is 0 Å². The van der Waals surface area contributed by atoms with Crippen molar-refractivity contribution in [3.8, 4) is 0 Å². The van der Waals surface area contributed by atoms with Crippen LogP contribution < -0.4 is 0 Å². The molecule has 0 aromatic rings. The monoisotopic (exact) mass is 144 g/mol. The molecule has 58 valence electrons. The van der Waals surface area contributed by atoms with Gasteiger partial charge in [-0.3, -0.25) is 0 Å². The molecular formula is C7H12O3. The first-order chi connectivity index (χ1) is 4.79. The van der Waals surface area contributed by atoms with Gasteiger partial charge in [-0.15, -0.1) is 0 Å². The molecule has 2 saturated heterocycles. The third-order valence-electron chi connectivity index (χ3n) is 2.35. The van der Waals surface area contributed by atoms with Crippen molar-refractivity contribution >= 4 is 0 Å². The fraction of sp³-hybridized carbons (Fsp3) is 1.00. The van der Waals surface area contributed by atoms with Gasteiger partial charge in [0.15, 0.2) is 6.29 Å². The maximum Gasteiger partial charge on any atom is 0.163 e. The summed E-state index contributed by atoms with van der Waals surface area (Å²) in [4.78, 5) is 0. The molecule has 0 spiro atoms. The fourth-order valence-corrected chi connectivity index (χ4v) is 1.69. The van der Waals surface area contributed by atoms with Crippen LogP contribution in [0.5, 0.6) is 0 Å². The van der Waals surface area contributed by atoms with Gasteiger partial charge in [0.2, 0.25) is 0 Å². The molecule has 0 saturated carbocycles. The standard InChI is InChI=1S/C7H12O3/c1-4-6(8)5-2-3-9-7(5)10-4/h4-8H,2-3H2,1H3/t4-,5+,6+,7-/m1/s1. The maximum absolute atomic E-state index is 9.46. The normalized spacial score (nSPS) is 53.4. The smallest absolute Gasteiger partial charge is 0.163 e. The summed E-state index contributed by atoms with van der Waals surface area (Å²) in [6.07, 6.45) is 0.462. The lowest BCUT2D eigenvalue weighted by molar-refractivity contribution is -0.114. The lowest BCUT2D eigenvalue weighted by atomic mass is 10.0. The average molecular weight is 144 g/mol. The summed E-state index contributed by atoms with van der Waals surface area (Å²) in [6.45, 7) is 2.62. The highest BCUT2D eigenvalue weighted by molar-refractivity contribution is 4.87. The van der Waals surface area contributed by atoms with Gasteiger partial charge in [0, 0.05) is 5.92 Å². The molecule has 2 fully saturated rings. The van der Waals surface area contributed by atoms with Gasteiger partial charge in [-0.1, -0.05) is 0 Å². The summed E-state index contributed by atoms with van der Waals surface area (Å²) in [7, 11) is 0. The molecule has 10 heavy (non-hydrogen) atoms. The molecule has 0 radical (unpaired) electrons. The van der Waals surface area contributed by atoms with Crippen LogP contribution in [0.1, 0.15) is 13.3 Å². The molecule has 2 aliphatic rings. The molecule has 2 heterocycles. The quantitative estimate of drug-likeness (QED) is 0.525. The Morgan fingerprint density at radius 1 is 1.50 bits per heavy atom. The van der Waals surface area contributed by atoms with E-state index in [1.54, 1.807) is 0 Å². The van der Waals surface area contributed by atoms with E-state index in [0.717, 1.165) is 13.0 Å². The summed E-state index contributed by atoms with van der Waals surface area (Å²) >= 11 is 0. The molecule has 0 unspecified atom stereocenters. The van der Waals surface area contributed by atoms with Crippen molar-refractivity contribution in [1.82, 2.24) is 0 Å². The number of aliphatic hydroxyl groups is 1. The van der Waals surface area contributed by atoms with Gasteiger partial charge in [-0.05, 0) is 13.3 Å². The maximum atomic E-state index is 9.46. The van der Waals surface area contributed by atoms with Gasteiger partial charge < -0.3 is 14.6 Å². The molecule has 3 nitrogen and oxygen atoms in total. The van der Waals surface area contributed by atoms with Crippen molar-refractivity contribution in [2.75, 3.05) is 6.61 Å². The zero-order valence-electron chi connectivity index (χ0n) is 5.99. The summed E-state index contributed by atoms with van der Waals surface area (Å²) in [5, 5.41) is 9.46. The molecule has 2 rings (SSSR count). The zero-order chi connectivity index (χ0) is 7.14. The minimum Gasteiger partial charge on any atom is -0.390 e. The first-order valence-electron chi connectivity index (χ1n) is 3.74. The zero-order valence-corrected chi connectivity index (χ0v) is 5.99. The second-order valence-electron chi connectivity index (χ2n) is 3.02. The first-order valence-corrected chi connectivity index (χ1v) is 3.74. The van der Waals surface area contributed by atoms with Crippen LogP contribution in [-0.2, 0) is 9.47 Å². The van der Waals surface area contributed by atoms with Gasteiger partial charge in [-0.2, -0.15) is 0 Å². The molecule has 0 aromatic heterocycles. The van der Waals surface area contributed by atoms with Crippen LogP contribution in [0.15, 0.2) is 0 Å². The SMILES string of the molecule is C[C@H]1O[C@H]2OCC[C@H]2[C@H]1O. The number of hydrogen-bond acceptors (Lipinski definition) is 3. The second kappa shape index (κ2) is 2.19. The van der Waals surface area contributed by atoms with Gasteiger partial charge in [-0.25, -0.2) is 0 Å². The summed E-state index contributed by atoms with van der Waals surface area (Å²) in [6, 6.07) is 0. The third-order valence-corrected chi connectivity index (χ3v) is 2.35. The predicted molar refractivity (Wildman–Crippen MR) is 34.4 cm³/mol. The topological polar surface area (TPSA) is 38.7 Å². The average Bonchev–Trinajstić information content (AvgIpc) is 2.41. The highest BCUT2D eigenvalue weighted by Crippen LogP contribution is 2.34. The Bertz CT molecular complexity index is 135. The van der Waals surface area contributed by atoms with Crippen molar-refractivity contribution in [3.63, 3.8) is 0 Å².